The normalized spacial score (nSPS) is 17.0. The number of benzene rings is 1. The standard InChI is InChI=1S/C17H25IN2O/c1-17(2,3)12-16(21)20-9-7-19(8-10-20)13-14-5-4-6-15(18)11-14/h4-6,11H,7-10,12-13H2,1-3H3. The van der Waals surface area contributed by atoms with Gasteiger partial charge in [-0.05, 0) is 45.7 Å². The Morgan fingerprint density at radius 1 is 1.19 bits per heavy atom. The Morgan fingerprint density at radius 3 is 2.43 bits per heavy atom. The van der Waals surface area contributed by atoms with Crippen molar-refractivity contribution in [1.82, 2.24) is 9.80 Å². The molecule has 0 saturated carbocycles. The van der Waals surface area contributed by atoms with Gasteiger partial charge in [-0.3, -0.25) is 9.69 Å². The van der Waals surface area contributed by atoms with Crippen LogP contribution >= 0.6 is 22.6 Å². The van der Waals surface area contributed by atoms with E-state index in [0.29, 0.717) is 12.3 Å². The molecule has 1 heterocycles. The molecule has 1 amide bonds. The van der Waals surface area contributed by atoms with E-state index in [1.54, 1.807) is 0 Å². The highest BCUT2D eigenvalue weighted by molar-refractivity contribution is 14.1. The first kappa shape index (κ1) is 16.7. The predicted molar refractivity (Wildman–Crippen MR) is 95.1 cm³/mol. The highest BCUT2D eigenvalue weighted by Crippen LogP contribution is 2.20. The van der Waals surface area contributed by atoms with Crippen molar-refractivity contribution in [1.29, 1.82) is 0 Å². The molecule has 1 aliphatic heterocycles. The summed E-state index contributed by atoms with van der Waals surface area (Å²) in [6.45, 7) is 11.0. The highest BCUT2D eigenvalue weighted by atomic mass is 127. The number of carbonyl (C=O) groups excluding carboxylic acids is 1. The lowest BCUT2D eigenvalue weighted by molar-refractivity contribution is -0.134. The third-order valence-electron chi connectivity index (χ3n) is 3.70. The molecule has 0 N–H and O–H groups in total. The quantitative estimate of drug-likeness (QED) is 0.727. The Kier molecular flexibility index (Phi) is 5.66. The van der Waals surface area contributed by atoms with Gasteiger partial charge < -0.3 is 4.90 Å². The molecular weight excluding hydrogens is 375 g/mol. The molecule has 1 aliphatic rings. The van der Waals surface area contributed by atoms with Crippen molar-refractivity contribution in [3.63, 3.8) is 0 Å². The minimum absolute atomic E-state index is 0.0783. The van der Waals surface area contributed by atoms with Crippen molar-refractivity contribution in [2.45, 2.75) is 33.7 Å². The van der Waals surface area contributed by atoms with Gasteiger partial charge in [0.15, 0.2) is 0 Å². The molecule has 0 spiro atoms. The van der Waals surface area contributed by atoms with Gasteiger partial charge >= 0.3 is 0 Å². The largest absolute Gasteiger partial charge is 0.340 e. The molecule has 1 fully saturated rings. The lowest BCUT2D eigenvalue weighted by Gasteiger charge is -2.36. The zero-order valence-corrected chi connectivity index (χ0v) is 15.4. The zero-order valence-electron chi connectivity index (χ0n) is 13.2. The minimum Gasteiger partial charge on any atom is -0.340 e. The molecule has 4 heteroatoms. The van der Waals surface area contributed by atoms with Crippen LogP contribution < -0.4 is 0 Å². The van der Waals surface area contributed by atoms with Gasteiger partial charge in [0.1, 0.15) is 0 Å². The summed E-state index contributed by atoms with van der Waals surface area (Å²) in [7, 11) is 0. The van der Waals surface area contributed by atoms with Crippen molar-refractivity contribution in [2.24, 2.45) is 5.41 Å². The second-order valence-corrected chi connectivity index (χ2v) is 8.27. The molecule has 2 rings (SSSR count). The van der Waals surface area contributed by atoms with E-state index >= 15 is 0 Å². The number of nitrogens with zero attached hydrogens (tertiary/aromatic N) is 2. The van der Waals surface area contributed by atoms with Crippen molar-refractivity contribution in [2.75, 3.05) is 26.2 Å². The van der Waals surface area contributed by atoms with Crippen molar-refractivity contribution in [3.05, 3.63) is 33.4 Å². The fourth-order valence-electron chi connectivity index (χ4n) is 2.61. The molecule has 0 unspecified atom stereocenters. The van der Waals surface area contributed by atoms with Crippen LogP contribution in [0.1, 0.15) is 32.8 Å². The molecule has 0 aliphatic carbocycles. The van der Waals surface area contributed by atoms with Gasteiger partial charge in [-0.15, -0.1) is 0 Å². The van der Waals surface area contributed by atoms with Crippen LogP contribution in [-0.2, 0) is 11.3 Å². The molecule has 1 aromatic carbocycles. The number of rotatable bonds is 3. The van der Waals surface area contributed by atoms with Gasteiger partial charge in [0.05, 0.1) is 0 Å². The summed E-state index contributed by atoms with van der Waals surface area (Å²) in [5.41, 5.74) is 1.44. The van der Waals surface area contributed by atoms with E-state index in [9.17, 15) is 4.79 Å². The van der Waals surface area contributed by atoms with Gasteiger partial charge in [-0.25, -0.2) is 0 Å². The van der Waals surface area contributed by atoms with Crippen LogP contribution in [0.5, 0.6) is 0 Å². The molecule has 0 bridgehead atoms. The number of piperazine rings is 1. The van der Waals surface area contributed by atoms with E-state index in [0.717, 1.165) is 32.7 Å². The van der Waals surface area contributed by atoms with E-state index in [2.05, 4.69) is 72.5 Å². The smallest absolute Gasteiger partial charge is 0.223 e. The van der Waals surface area contributed by atoms with E-state index in [-0.39, 0.29) is 5.41 Å². The number of halogens is 1. The molecule has 0 radical (unpaired) electrons. The van der Waals surface area contributed by atoms with E-state index in [1.807, 2.05) is 4.90 Å². The maximum atomic E-state index is 12.2. The van der Waals surface area contributed by atoms with Crippen LogP contribution in [0.15, 0.2) is 24.3 Å². The van der Waals surface area contributed by atoms with Crippen molar-refractivity contribution >= 4 is 28.5 Å². The van der Waals surface area contributed by atoms with Crippen LogP contribution in [0.2, 0.25) is 0 Å². The second kappa shape index (κ2) is 7.09. The maximum absolute atomic E-state index is 12.2. The first-order valence-electron chi connectivity index (χ1n) is 7.58. The number of amides is 1. The molecule has 0 aromatic heterocycles. The Labute approximate surface area is 141 Å². The summed E-state index contributed by atoms with van der Waals surface area (Å²) in [6, 6.07) is 8.64. The molecular formula is C17H25IN2O. The topological polar surface area (TPSA) is 23.6 Å². The molecule has 3 nitrogen and oxygen atoms in total. The average molecular weight is 400 g/mol. The Balaban J connectivity index is 1.82. The maximum Gasteiger partial charge on any atom is 0.223 e. The van der Waals surface area contributed by atoms with Crippen molar-refractivity contribution in [3.8, 4) is 0 Å². The van der Waals surface area contributed by atoms with Crippen LogP contribution in [0, 0.1) is 8.99 Å². The fourth-order valence-corrected chi connectivity index (χ4v) is 3.22. The first-order chi connectivity index (χ1) is 9.83. The third kappa shape index (κ3) is 5.58. The lowest BCUT2D eigenvalue weighted by Crippen LogP contribution is -2.48. The average Bonchev–Trinajstić information content (AvgIpc) is 2.37. The monoisotopic (exact) mass is 400 g/mol. The summed E-state index contributed by atoms with van der Waals surface area (Å²) in [6.07, 6.45) is 0.643. The Hall–Kier alpha value is -0.620. The Bertz CT molecular complexity index is 488. The SMILES string of the molecule is CC(C)(C)CC(=O)N1CCN(Cc2cccc(I)c2)CC1. The summed E-state index contributed by atoms with van der Waals surface area (Å²) in [5, 5.41) is 0. The third-order valence-corrected chi connectivity index (χ3v) is 4.37. The fraction of sp³-hybridized carbons (Fsp3) is 0.588. The molecule has 1 saturated heterocycles. The molecule has 21 heavy (non-hydrogen) atoms. The Morgan fingerprint density at radius 2 is 1.86 bits per heavy atom. The summed E-state index contributed by atoms with van der Waals surface area (Å²) in [4.78, 5) is 16.7. The lowest BCUT2D eigenvalue weighted by atomic mass is 9.91. The summed E-state index contributed by atoms with van der Waals surface area (Å²) >= 11 is 2.35. The molecule has 0 atom stereocenters. The van der Waals surface area contributed by atoms with Gasteiger partial charge in [0, 0.05) is 42.7 Å². The number of carbonyl (C=O) groups is 1. The minimum atomic E-state index is 0.0783. The van der Waals surface area contributed by atoms with Crippen LogP contribution in [0.25, 0.3) is 0 Å². The van der Waals surface area contributed by atoms with Gasteiger partial charge in [-0.1, -0.05) is 32.9 Å². The van der Waals surface area contributed by atoms with E-state index < -0.39 is 0 Å². The van der Waals surface area contributed by atoms with Crippen LogP contribution in [0.4, 0.5) is 0 Å². The predicted octanol–water partition coefficient (Wildman–Crippen LogP) is 3.37. The van der Waals surface area contributed by atoms with Gasteiger partial charge in [-0.2, -0.15) is 0 Å². The van der Waals surface area contributed by atoms with E-state index in [1.165, 1.54) is 9.13 Å². The molecule has 116 valence electrons. The summed E-state index contributed by atoms with van der Waals surface area (Å²) in [5.74, 6) is 0.302. The molecule has 1 aromatic rings. The van der Waals surface area contributed by atoms with Crippen LogP contribution in [0.3, 0.4) is 0 Å². The summed E-state index contributed by atoms with van der Waals surface area (Å²) < 4.78 is 1.28. The van der Waals surface area contributed by atoms with E-state index in [4.69, 9.17) is 0 Å². The highest BCUT2D eigenvalue weighted by Gasteiger charge is 2.24. The van der Waals surface area contributed by atoms with Crippen LogP contribution in [-0.4, -0.2) is 41.9 Å². The zero-order chi connectivity index (χ0) is 15.5. The second-order valence-electron chi connectivity index (χ2n) is 7.02. The number of hydrogen-bond donors (Lipinski definition) is 0. The van der Waals surface area contributed by atoms with Crippen molar-refractivity contribution < 1.29 is 4.79 Å². The van der Waals surface area contributed by atoms with Gasteiger partial charge in [0.2, 0.25) is 5.91 Å². The number of hydrogen-bond acceptors (Lipinski definition) is 2. The first-order valence-corrected chi connectivity index (χ1v) is 8.66. The van der Waals surface area contributed by atoms with Gasteiger partial charge in [0.25, 0.3) is 0 Å².